The van der Waals surface area contributed by atoms with Gasteiger partial charge in [-0.3, -0.25) is 0 Å². The van der Waals surface area contributed by atoms with Crippen molar-refractivity contribution in [2.75, 3.05) is 0 Å². The zero-order chi connectivity index (χ0) is 9.35. The second kappa shape index (κ2) is 4.88. The smallest absolute Gasteiger partial charge is 0.445 e. The molecule has 66 valence electrons. The summed E-state index contributed by atoms with van der Waals surface area (Å²) < 4.78 is 48.6. The van der Waals surface area contributed by atoms with Gasteiger partial charge in [-0.15, -0.1) is 0 Å². The summed E-state index contributed by atoms with van der Waals surface area (Å²) in [6.07, 6.45) is 0.875. The molecular weight excluding hydrogens is 212 g/mol. The molecule has 0 aliphatic rings. The van der Waals surface area contributed by atoms with Gasteiger partial charge in [-0.2, -0.15) is 4.39 Å². The van der Waals surface area contributed by atoms with Crippen LogP contribution in [0.25, 0.3) is 0 Å². The van der Waals surface area contributed by atoms with Gasteiger partial charge < -0.3 is 12.9 Å². The third kappa shape index (κ3) is 3.67. The Hall–Kier alpha value is 0.571. The van der Waals surface area contributed by atoms with Crippen molar-refractivity contribution in [2.24, 2.45) is 0 Å². The van der Waals surface area contributed by atoms with E-state index in [1.807, 2.05) is 0 Å². The Balaban J connectivity index is 0.00000144. The fourth-order valence-electron chi connectivity index (χ4n) is 0.865. The SMILES string of the molecule is Cc1cnc(F)cc1[B-](F)(F)F.[K+]. The maximum absolute atomic E-state index is 12.3. The maximum Gasteiger partial charge on any atom is 1.00 e. The number of hydrogen-bond donors (Lipinski definition) is 0. The largest absolute Gasteiger partial charge is 1.00 e. The van der Waals surface area contributed by atoms with Gasteiger partial charge in [0.2, 0.25) is 5.95 Å². The third-order valence-electron chi connectivity index (χ3n) is 1.46. The molecule has 0 radical (unpaired) electrons. The van der Waals surface area contributed by atoms with E-state index in [-0.39, 0.29) is 56.9 Å². The molecule has 0 aliphatic carbocycles. The molecule has 1 heterocycles. The minimum Gasteiger partial charge on any atom is -0.445 e. The van der Waals surface area contributed by atoms with Crippen molar-refractivity contribution in [2.45, 2.75) is 6.92 Å². The molecule has 1 rings (SSSR count). The number of pyridine rings is 1. The van der Waals surface area contributed by atoms with Crippen LogP contribution in [-0.2, 0) is 0 Å². The van der Waals surface area contributed by atoms with Crippen molar-refractivity contribution >= 4 is 12.4 Å². The molecular formula is C6H5BF4KN. The van der Waals surface area contributed by atoms with E-state index in [1.54, 1.807) is 0 Å². The molecule has 0 unspecified atom stereocenters. The van der Waals surface area contributed by atoms with Crippen molar-refractivity contribution in [3.05, 3.63) is 23.8 Å². The maximum atomic E-state index is 12.3. The van der Waals surface area contributed by atoms with Crippen molar-refractivity contribution in [1.29, 1.82) is 0 Å². The summed E-state index contributed by atoms with van der Waals surface area (Å²) in [5, 5.41) is 0. The fourth-order valence-corrected chi connectivity index (χ4v) is 0.865. The van der Waals surface area contributed by atoms with Crippen LogP contribution in [0.15, 0.2) is 12.3 Å². The molecule has 0 aliphatic heterocycles. The Bertz CT molecular complexity index is 301. The first-order valence-corrected chi connectivity index (χ1v) is 3.23. The van der Waals surface area contributed by atoms with E-state index in [2.05, 4.69) is 4.98 Å². The summed E-state index contributed by atoms with van der Waals surface area (Å²) in [4.78, 5) is 3.10. The van der Waals surface area contributed by atoms with Crippen LogP contribution in [0.1, 0.15) is 5.56 Å². The molecule has 0 bridgehead atoms. The van der Waals surface area contributed by atoms with E-state index in [0.717, 1.165) is 6.20 Å². The minimum absolute atomic E-state index is 0. The summed E-state index contributed by atoms with van der Waals surface area (Å²) >= 11 is 0. The van der Waals surface area contributed by atoms with Gasteiger partial charge in [0.15, 0.2) is 0 Å². The second-order valence-corrected chi connectivity index (χ2v) is 2.44. The first-order chi connectivity index (χ1) is 5.41. The summed E-state index contributed by atoms with van der Waals surface area (Å²) in [6, 6.07) is 0.412. The summed E-state index contributed by atoms with van der Waals surface area (Å²) in [7, 11) is 0. The molecule has 7 heteroatoms. The molecule has 1 nitrogen and oxygen atoms in total. The summed E-state index contributed by atoms with van der Waals surface area (Å²) in [5.41, 5.74) is -0.966. The van der Waals surface area contributed by atoms with Crippen molar-refractivity contribution in [3.63, 3.8) is 0 Å². The Morgan fingerprint density at radius 3 is 2.23 bits per heavy atom. The van der Waals surface area contributed by atoms with Gasteiger partial charge in [-0.1, -0.05) is 11.0 Å². The molecule has 0 saturated carbocycles. The number of nitrogens with zero attached hydrogens (tertiary/aromatic N) is 1. The first kappa shape index (κ1) is 13.6. The standard InChI is InChI=1S/C6H5BF4N.K/c1-4-3-12-6(8)2-5(4)7(9,10)11;/h2-3H,1H3;/q-1;+1. The zero-order valence-corrected chi connectivity index (χ0v) is 10.3. The van der Waals surface area contributed by atoms with E-state index in [9.17, 15) is 17.3 Å². The van der Waals surface area contributed by atoms with Gasteiger partial charge in [-0.25, -0.2) is 4.98 Å². The summed E-state index contributed by atoms with van der Waals surface area (Å²) in [5.74, 6) is -1.10. The molecule has 0 spiro atoms. The van der Waals surface area contributed by atoms with Gasteiger partial charge in [0, 0.05) is 6.20 Å². The Morgan fingerprint density at radius 2 is 1.85 bits per heavy atom. The molecule has 13 heavy (non-hydrogen) atoms. The second-order valence-electron chi connectivity index (χ2n) is 2.44. The molecule has 1 aromatic rings. The van der Waals surface area contributed by atoms with Crippen LogP contribution in [0.5, 0.6) is 0 Å². The van der Waals surface area contributed by atoms with Crippen LogP contribution in [0, 0.1) is 12.9 Å². The van der Waals surface area contributed by atoms with E-state index in [4.69, 9.17) is 0 Å². The van der Waals surface area contributed by atoms with Gasteiger partial charge in [-0.05, 0) is 13.0 Å². The van der Waals surface area contributed by atoms with Gasteiger partial charge in [0.05, 0.1) is 0 Å². The van der Waals surface area contributed by atoms with Crippen molar-refractivity contribution < 1.29 is 68.7 Å². The number of aromatic nitrogens is 1. The topological polar surface area (TPSA) is 12.9 Å². The quantitative estimate of drug-likeness (QED) is 0.320. The van der Waals surface area contributed by atoms with E-state index in [0.29, 0.717) is 6.07 Å². The molecule has 1 aromatic heterocycles. The van der Waals surface area contributed by atoms with Gasteiger partial charge in [0.25, 0.3) is 0 Å². The Morgan fingerprint density at radius 1 is 1.31 bits per heavy atom. The normalized spacial score (nSPS) is 10.8. The average molecular weight is 217 g/mol. The van der Waals surface area contributed by atoms with Gasteiger partial charge >= 0.3 is 58.4 Å². The van der Waals surface area contributed by atoms with Crippen LogP contribution in [0.2, 0.25) is 0 Å². The van der Waals surface area contributed by atoms with E-state index < -0.39 is 18.4 Å². The molecule has 0 N–H and O–H groups in total. The summed E-state index contributed by atoms with van der Waals surface area (Å²) in [6.45, 7) is -3.88. The molecule has 0 atom stereocenters. The number of halogens is 4. The van der Waals surface area contributed by atoms with Crippen LogP contribution < -0.4 is 56.8 Å². The predicted molar refractivity (Wildman–Crippen MR) is 37.6 cm³/mol. The third-order valence-corrected chi connectivity index (χ3v) is 1.46. The van der Waals surface area contributed by atoms with Gasteiger partial charge in [0.1, 0.15) is 0 Å². The van der Waals surface area contributed by atoms with Crippen LogP contribution in [-0.4, -0.2) is 12.0 Å². The first-order valence-electron chi connectivity index (χ1n) is 3.23. The van der Waals surface area contributed by atoms with E-state index >= 15 is 0 Å². The Kier molecular flexibility index (Phi) is 5.09. The monoisotopic (exact) mass is 217 g/mol. The van der Waals surface area contributed by atoms with Crippen LogP contribution in [0.3, 0.4) is 0 Å². The van der Waals surface area contributed by atoms with Crippen molar-refractivity contribution in [1.82, 2.24) is 4.98 Å². The molecule has 0 amide bonds. The fraction of sp³-hybridized carbons (Fsp3) is 0.167. The minimum atomic E-state index is -5.13. The molecule has 0 fully saturated rings. The predicted octanol–water partition coefficient (Wildman–Crippen LogP) is -1.41. The molecule has 0 saturated heterocycles. The van der Waals surface area contributed by atoms with Crippen LogP contribution in [0.4, 0.5) is 17.3 Å². The molecule has 0 aromatic carbocycles. The number of hydrogen-bond acceptors (Lipinski definition) is 1. The van der Waals surface area contributed by atoms with Crippen molar-refractivity contribution in [3.8, 4) is 0 Å². The number of aryl methyl sites for hydroxylation is 1. The number of rotatable bonds is 1. The Labute approximate surface area is 115 Å². The average Bonchev–Trinajstić information content (AvgIpc) is 1.92. The van der Waals surface area contributed by atoms with Crippen LogP contribution >= 0.6 is 0 Å². The zero-order valence-electron chi connectivity index (χ0n) is 7.19. The van der Waals surface area contributed by atoms with E-state index in [1.165, 1.54) is 6.92 Å².